The summed E-state index contributed by atoms with van der Waals surface area (Å²) in [4.78, 5) is 3.95. The summed E-state index contributed by atoms with van der Waals surface area (Å²) in [5, 5.41) is 0.170. The first kappa shape index (κ1) is 13.1. The zero-order valence-corrected chi connectivity index (χ0v) is 10.1. The second-order valence-corrected chi connectivity index (χ2v) is 3.46. The van der Waals surface area contributed by atoms with Gasteiger partial charge in [0.05, 0.1) is 18.5 Å². The third kappa shape index (κ3) is 3.26. The molecule has 7 heteroatoms. The van der Waals surface area contributed by atoms with Gasteiger partial charge < -0.3 is 9.47 Å². The number of pyridine rings is 1. The summed E-state index contributed by atoms with van der Waals surface area (Å²) >= 11 is 3.05. The molecule has 0 fully saturated rings. The molecular weight excluding hydrogens is 291 g/mol. The normalized spacial score (nSPS) is 11.4. The van der Waals surface area contributed by atoms with E-state index in [1.165, 1.54) is 13.2 Å². The Hall–Kier alpha value is -0.980. The van der Waals surface area contributed by atoms with Gasteiger partial charge in [-0.1, -0.05) is 15.9 Å². The number of halogens is 4. The molecule has 0 saturated carbocycles. The van der Waals surface area contributed by atoms with Crippen molar-refractivity contribution in [2.45, 2.75) is 18.6 Å². The van der Waals surface area contributed by atoms with Crippen LogP contribution in [0.4, 0.5) is 13.2 Å². The number of nitrogens with zero attached hydrogens (tertiary/aromatic N) is 1. The molecule has 90 valence electrons. The van der Waals surface area contributed by atoms with Gasteiger partial charge in [0.1, 0.15) is 5.75 Å². The first-order chi connectivity index (χ1) is 7.37. The van der Waals surface area contributed by atoms with E-state index in [2.05, 4.69) is 25.7 Å². The van der Waals surface area contributed by atoms with Crippen LogP contribution in [-0.4, -0.2) is 18.5 Å². The van der Waals surface area contributed by atoms with Crippen LogP contribution in [0, 0.1) is 6.92 Å². The number of ether oxygens (including phenoxy) is 2. The Morgan fingerprint density at radius 3 is 2.44 bits per heavy atom. The molecule has 0 aliphatic heterocycles. The van der Waals surface area contributed by atoms with E-state index in [0.29, 0.717) is 5.69 Å². The molecule has 0 spiro atoms. The van der Waals surface area contributed by atoms with E-state index in [4.69, 9.17) is 4.74 Å². The van der Waals surface area contributed by atoms with Crippen LogP contribution in [0.5, 0.6) is 11.5 Å². The highest BCUT2D eigenvalue weighted by Crippen LogP contribution is 2.31. The van der Waals surface area contributed by atoms with E-state index >= 15 is 0 Å². The molecule has 0 unspecified atom stereocenters. The Kier molecular flexibility index (Phi) is 4.01. The van der Waals surface area contributed by atoms with Gasteiger partial charge in [0.15, 0.2) is 5.75 Å². The van der Waals surface area contributed by atoms with Crippen LogP contribution >= 0.6 is 15.9 Å². The Morgan fingerprint density at radius 2 is 2.00 bits per heavy atom. The van der Waals surface area contributed by atoms with E-state index in [-0.39, 0.29) is 22.5 Å². The van der Waals surface area contributed by atoms with Gasteiger partial charge in [0.2, 0.25) is 0 Å². The van der Waals surface area contributed by atoms with Crippen LogP contribution < -0.4 is 9.47 Å². The molecular formula is C9H9BrF3NO2. The Morgan fingerprint density at radius 1 is 1.38 bits per heavy atom. The minimum atomic E-state index is -4.74. The van der Waals surface area contributed by atoms with Crippen molar-refractivity contribution in [1.82, 2.24) is 4.98 Å². The maximum atomic E-state index is 12.1. The maximum Gasteiger partial charge on any atom is 0.573 e. The molecule has 0 aliphatic carbocycles. The zero-order chi connectivity index (χ0) is 12.3. The van der Waals surface area contributed by atoms with Crippen molar-refractivity contribution in [1.29, 1.82) is 0 Å². The molecule has 0 aromatic carbocycles. The fraction of sp³-hybridized carbons (Fsp3) is 0.444. The molecule has 1 heterocycles. The molecule has 1 rings (SSSR count). The van der Waals surface area contributed by atoms with Crippen LogP contribution in [0.3, 0.4) is 0 Å². The quantitative estimate of drug-likeness (QED) is 0.803. The van der Waals surface area contributed by atoms with Gasteiger partial charge in [-0.15, -0.1) is 13.2 Å². The van der Waals surface area contributed by atoms with Crippen molar-refractivity contribution in [3.63, 3.8) is 0 Å². The van der Waals surface area contributed by atoms with Crippen LogP contribution in [0.2, 0.25) is 0 Å². The third-order valence-electron chi connectivity index (χ3n) is 1.78. The molecule has 0 saturated heterocycles. The monoisotopic (exact) mass is 299 g/mol. The number of rotatable bonds is 3. The van der Waals surface area contributed by atoms with E-state index in [0.717, 1.165) is 0 Å². The summed E-state index contributed by atoms with van der Waals surface area (Å²) in [6, 6.07) is 1.17. The Labute approximate surface area is 98.7 Å². The first-order valence-electron chi connectivity index (χ1n) is 4.23. The van der Waals surface area contributed by atoms with E-state index < -0.39 is 6.36 Å². The predicted octanol–water partition coefficient (Wildman–Crippen LogP) is 3.19. The standard InChI is InChI=1S/C9H9BrF3NO2/c1-5-7(15-2)3-8(6(4-10)14-5)16-9(11,12)13/h3H,4H2,1-2H3. The SMILES string of the molecule is COc1cc(OC(F)(F)F)c(CBr)nc1C. The summed E-state index contributed by atoms with van der Waals surface area (Å²) in [5.74, 6) is -0.101. The molecule has 1 aromatic rings. The minimum Gasteiger partial charge on any atom is -0.495 e. The Balaban J connectivity index is 3.15. The van der Waals surface area contributed by atoms with Crippen molar-refractivity contribution < 1.29 is 22.6 Å². The van der Waals surface area contributed by atoms with Crippen molar-refractivity contribution >= 4 is 15.9 Å². The van der Waals surface area contributed by atoms with Gasteiger partial charge in [0.25, 0.3) is 0 Å². The second-order valence-electron chi connectivity index (χ2n) is 2.90. The van der Waals surface area contributed by atoms with Crippen LogP contribution in [0.25, 0.3) is 0 Å². The molecule has 0 bridgehead atoms. The largest absolute Gasteiger partial charge is 0.573 e. The van der Waals surface area contributed by atoms with E-state index in [1.807, 2.05) is 0 Å². The van der Waals surface area contributed by atoms with Crippen LogP contribution in [-0.2, 0) is 5.33 Å². The average Bonchev–Trinajstić information content (AvgIpc) is 2.18. The summed E-state index contributed by atoms with van der Waals surface area (Å²) in [5.41, 5.74) is 0.682. The average molecular weight is 300 g/mol. The molecule has 0 amide bonds. The third-order valence-corrected chi connectivity index (χ3v) is 2.31. The number of alkyl halides is 4. The topological polar surface area (TPSA) is 31.4 Å². The molecule has 0 N–H and O–H groups in total. The van der Waals surface area contributed by atoms with Crippen LogP contribution in [0.1, 0.15) is 11.4 Å². The number of aryl methyl sites for hydroxylation is 1. The highest BCUT2D eigenvalue weighted by Gasteiger charge is 2.32. The smallest absolute Gasteiger partial charge is 0.495 e. The van der Waals surface area contributed by atoms with Crippen molar-refractivity contribution in [3.05, 3.63) is 17.5 Å². The lowest BCUT2D eigenvalue weighted by atomic mass is 10.3. The second kappa shape index (κ2) is 4.90. The van der Waals surface area contributed by atoms with Gasteiger partial charge in [-0.2, -0.15) is 0 Å². The predicted molar refractivity (Wildman–Crippen MR) is 54.8 cm³/mol. The lowest BCUT2D eigenvalue weighted by Gasteiger charge is -2.14. The molecule has 3 nitrogen and oxygen atoms in total. The lowest BCUT2D eigenvalue weighted by molar-refractivity contribution is -0.275. The van der Waals surface area contributed by atoms with Gasteiger partial charge in [-0.25, -0.2) is 4.98 Å². The van der Waals surface area contributed by atoms with Gasteiger partial charge in [0, 0.05) is 11.4 Å². The van der Waals surface area contributed by atoms with Crippen molar-refractivity contribution in [2.24, 2.45) is 0 Å². The highest BCUT2D eigenvalue weighted by atomic mass is 79.9. The Bertz CT molecular complexity index is 382. The summed E-state index contributed by atoms with van der Waals surface area (Å²) < 4.78 is 45.0. The fourth-order valence-electron chi connectivity index (χ4n) is 1.13. The minimum absolute atomic E-state index is 0.170. The number of hydrogen-bond acceptors (Lipinski definition) is 3. The fourth-order valence-corrected chi connectivity index (χ4v) is 1.54. The highest BCUT2D eigenvalue weighted by molar-refractivity contribution is 9.08. The summed E-state index contributed by atoms with van der Waals surface area (Å²) in [6.45, 7) is 1.64. The van der Waals surface area contributed by atoms with Crippen LogP contribution in [0.15, 0.2) is 6.07 Å². The molecule has 16 heavy (non-hydrogen) atoms. The van der Waals surface area contributed by atoms with Crippen molar-refractivity contribution in [3.8, 4) is 11.5 Å². The molecule has 0 atom stereocenters. The van der Waals surface area contributed by atoms with Crippen molar-refractivity contribution in [2.75, 3.05) is 7.11 Å². The maximum absolute atomic E-state index is 12.1. The van der Waals surface area contributed by atoms with Gasteiger partial charge >= 0.3 is 6.36 Å². The summed E-state index contributed by atoms with van der Waals surface area (Å²) in [6.07, 6.45) is -4.74. The number of methoxy groups -OCH3 is 1. The van der Waals surface area contributed by atoms with E-state index in [1.54, 1.807) is 6.92 Å². The van der Waals surface area contributed by atoms with Gasteiger partial charge in [-0.3, -0.25) is 0 Å². The zero-order valence-electron chi connectivity index (χ0n) is 8.56. The molecule has 1 aromatic heterocycles. The molecule has 0 radical (unpaired) electrons. The number of aromatic nitrogens is 1. The van der Waals surface area contributed by atoms with Gasteiger partial charge in [-0.05, 0) is 6.92 Å². The molecule has 0 aliphatic rings. The number of hydrogen-bond donors (Lipinski definition) is 0. The van der Waals surface area contributed by atoms with E-state index in [9.17, 15) is 13.2 Å². The first-order valence-corrected chi connectivity index (χ1v) is 5.35. The lowest BCUT2D eigenvalue weighted by Crippen LogP contribution is -2.18. The summed E-state index contributed by atoms with van der Waals surface area (Å²) in [7, 11) is 1.36.